The number of nitrogens with one attached hydrogen (secondary N) is 1. The van der Waals surface area contributed by atoms with Gasteiger partial charge >= 0.3 is 0 Å². The standard InChI is InChI=1S/C16H26N2/c1-3-10-18-13-15(17-12-16(18)4-2)11-14-8-6-5-7-9-14/h5-9,15-17H,3-4,10-13H2,1-2H3. The summed E-state index contributed by atoms with van der Waals surface area (Å²) in [6.07, 6.45) is 3.66. The van der Waals surface area contributed by atoms with Gasteiger partial charge in [-0.25, -0.2) is 0 Å². The number of hydrogen-bond acceptors (Lipinski definition) is 2. The highest BCUT2D eigenvalue weighted by Crippen LogP contribution is 2.14. The van der Waals surface area contributed by atoms with Crippen LogP contribution in [-0.4, -0.2) is 36.6 Å². The lowest BCUT2D eigenvalue weighted by Crippen LogP contribution is -2.57. The number of rotatable bonds is 5. The molecule has 18 heavy (non-hydrogen) atoms. The molecule has 1 N–H and O–H groups in total. The Kier molecular flexibility index (Phi) is 5.21. The summed E-state index contributed by atoms with van der Waals surface area (Å²) in [4.78, 5) is 2.67. The highest BCUT2D eigenvalue weighted by Gasteiger charge is 2.25. The van der Waals surface area contributed by atoms with Gasteiger partial charge in [0, 0.05) is 25.2 Å². The van der Waals surface area contributed by atoms with Crippen molar-refractivity contribution in [3.8, 4) is 0 Å². The second kappa shape index (κ2) is 6.91. The molecule has 1 saturated heterocycles. The van der Waals surface area contributed by atoms with Crippen molar-refractivity contribution in [2.24, 2.45) is 0 Å². The highest BCUT2D eigenvalue weighted by molar-refractivity contribution is 5.16. The fourth-order valence-corrected chi connectivity index (χ4v) is 2.93. The fraction of sp³-hybridized carbons (Fsp3) is 0.625. The molecular weight excluding hydrogens is 220 g/mol. The normalized spacial score (nSPS) is 25.2. The van der Waals surface area contributed by atoms with Gasteiger partial charge < -0.3 is 5.32 Å². The number of hydrogen-bond donors (Lipinski definition) is 1. The van der Waals surface area contributed by atoms with Gasteiger partial charge in [-0.1, -0.05) is 44.2 Å². The molecule has 2 unspecified atom stereocenters. The maximum atomic E-state index is 3.72. The minimum atomic E-state index is 0.613. The smallest absolute Gasteiger partial charge is 0.0236 e. The number of nitrogens with zero attached hydrogens (tertiary/aromatic N) is 1. The molecule has 1 aliphatic heterocycles. The topological polar surface area (TPSA) is 15.3 Å². The second-order valence-corrected chi connectivity index (χ2v) is 5.35. The quantitative estimate of drug-likeness (QED) is 0.859. The second-order valence-electron chi connectivity index (χ2n) is 5.35. The van der Waals surface area contributed by atoms with Gasteiger partial charge in [0.05, 0.1) is 0 Å². The Morgan fingerprint density at radius 3 is 2.67 bits per heavy atom. The van der Waals surface area contributed by atoms with Crippen LogP contribution in [0.5, 0.6) is 0 Å². The largest absolute Gasteiger partial charge is 0.311 e. The molecule has 0 aromatic heterocycles. The van der Waals surface area contributed by atoms with Gasteiger partial charge in [0.1, 0.15) is 0 Å². The molecule has 0 radical (unpaired) electrons. The van der Waals surface area contributed by atoms with E-state index in [2.05, 4.69) is 54.4 Å². The van der Waals surface area contributed by atoms with Gasteiger partial charge in [-0.2, -0.15) is 0 Å². The Hall–Kier alpha value is -0.860. The van der Waals surface area contributed by atoms with Crippen molar-refractivity contribution in [2.75, 3.05) is 19.6 Å². The maximum Gasteiger partial charge on any atom is 0.0236 e. The van der Waals surface area contributed by atoms with Crippen molar-refractivity contribution in [3.63, 3.8) is 0 Å². The SMILES string of the molecule is CCCN1CC(Cc2ccccc2)NCC1CC. The van der Waals surface area contributed by atoms with E-state index in [-0.39, 0.29) is 0 Å². The van der Waals surface area contributed by atoms with Crippen LogP contribution in [0.2, 0.25) is 0 Å². The third-order valence-corrected chi connectivity index (χ3v) is 3.92. The molecule has 0 bridgehead atoms. The molecule has 1 aromatic carbocycles. The third-order valence-electron chi connectivity index (χ3n) is 3.92. The Morgan fingerprint density at radius 2 is 2.00 bits per heavy atom. The molecule has 1 aromatic rings. The zero-order chi connectivity index (χ0) is 12.8. The van der Waals surface area contributed by atoms with Crippen LogP contribution in [0.25, 0.3) is 0 Å². The van der Waals surface area contributed by atoms with Crippen molar-refractivity contribution in [1.29, 1.82) is 0 Å². The van der Waals surface area contributed by atoms with E-state index in [4.69, 9.17) is 0 Å². The summed E-state index contributed by atoms with van der Waals surface area (Å²) in [7, 11) is 0. The Morgan fingerprint density at radius 1 is 1.22 bits per heavy atom. The molecule has 0 spiro atoms. The Balaban J connectivity index is 1.91. The molecule has 0 amide bonds. The summed E-state index contributed by atoms with van der Waals surface area (Å²) in [5.41, 5.74) is 1.45. The predicted molar refractivity (Wildman–Crippen MR) is 77.9 cm³/mol. The zero-order valence-electron chi connectivity index (χ0n) is 11.7. The van der Waals surface area contributed by atoms with Crippen molar-refractivity contribution in [3.05, 3.63) is 35.9 Å². The first-order valence-corrected chi connectivity index (χ1v) is 7.34. The lowest BCUT2D eigenvalue weighted by atomic mass is 10.0. The average Bonchev–Trinajstić information content (AvgIpc) is 2.41. The van der Waals surface area contributed by atoms with E-state index < -0.39 is 0 Å². The first-order chi connectivity index (χ1) is 8.83. The van der Waals surface area contributed by atoms with Gasteiger partial charge in [-0.15, -0.1) is 0 Å². The van der Waals surface area contributed by atoms with Crippen LogP contribution in [0, 0.1) is 0 Å². The van der Waals surface area contributed by atoms with Crippen molar-refractivity contribution in [1.82, 2.24) is 10.2 Å². The van der Waals surface area contributed by atoms with Crippen LogP contribution in [-0.2, 0) is 6.42 Å². The van der Waals surface area contributed by atoms with Crippen LogP contribution in [0.4, 0.5) is 0 Å². The Bertz CT molecular complexity index is 336. The minimum Gasteiger partial charge on any atom is -0.311 e. The van der Waals surface area contributed by atoms with E-state index in [1.807, 2.05) is 0 Å². The monoisotopic (exact) mass is 246 g/mol. The summed E-state index contributed by atoms with van der Waals surface area (Å²) in [5.74, 6) is 0. The summed E-state index contributed by atoms with van der Waals surface area (Å²) >= 11 is 0. The van der Waals surface area contributed by atoms with Crippen molar-refractivity contribution in [2.45, 2.75) is 45.2 Å². The maximum absolute atomic E-state index is 3.72. The van der Waals surface area contributed by atoms with Gasteiger partial charge in [0.2, 0.25) is 0 Å². The lowest BCUT2D eigenvalue weighted by molar-refractivity contribution is 0.126. The molecule has 2 heteroatoms. The van der Waals surface area contributed by atoms with Gasteiger partial charge in [-0.3, -0.25) is 4.90 Å². The van der Waals surface area contributed by atoms with Crippen molar-refractivity contribution < 1.29 is 0 Å². The van der Waals surface area contributed by atoms with Crippen LogP contribution < -0.4 is 5.32 Å². The third kappa shape index (κ3) is 3.56. The molecule has 2 atom stereocenters. The first kappa shape index (κ1) is 13.6. The highest BCUT2D eigenvalue weighted by atomic mass is 15.2. The van der Waals surface area contributed by atoms with E-state index in [0.717, 1.165) is 19.0 Å². The molecule has 1 heterocycles. The summed E-state index contributed by atoms with van der Waals surface area (Å²) < 4.78 is 0. The molecular formula is C16H26N2. The van der Waals surface area contributed by atoms with Crippen molar-refractivity contribution >= 4 is 0 Å². The van der Waals surface area contributed by atoms with Crippen LogP contribution >= 0.6 is 0 Å². The minimum absolute atomic E-state index is 0.613. The Labute approximate surface area is 111 Å². The molecule has 1 aliphatic rings. The van der Waals surface area contributed by atoms with Gasteiger partial charge in [0.25, 0.3) is 0 Å². The summed E-state index contributed by atoms with van der Waals surface area (Å²) in [6, 6.07) is 12.2. The summed E-state index contributed by atoms with van der Waals surface area (Å²) in [5, 5.41) is 3.72. The van der Waals surface area contributed by atoms with Crippen LogP contribution in [0.1, 0.15) is 32.3 Å². The van der Waals surface area contributed by atoms with E-state index in [1.54, 1.807) is 0 Å². The predicted octanol–water partition coefficient (Wildman–Crippen LogP) is 2.69. The van der Waals surface area contributed by atoms with Crippen LogP contribution in [0.3, 0.4) is 0 Å². The van der Waals surface area contributed by atoms with Gasteiger partial charge in [0.15, 0.2) is 0 Å². The fourth-order valence-electron chi connectivity index (χ4n) is 2.93. The first-order valence-electron chi connectivity index (χ1n) is 7.34. The molecule has 2 nitrogen and oxygen atoms in total. The molecule has 2 rings (SSSR count). The van der Waals surface area contributed by atoms with E-state index in [9.17, 15) is 0 Å². The van der Waals surface area contributed by atoms with E-state index in [1.165, 1.54) is 31.5 Å². The number of benzene rings is 1. The van der Waals surface area contributed by atoms with Crippen LogP contribution in [0.15, 0.2) is 30.3 Å². The van der Waals surface area contributed by atoms with E-state index >= 15 is 0 Å². The zero-order valence-corrected chi connectivity index (χ0v) is 11.7. The molecule has 1 fully saturated rings. The lowest BCUT2D eigenvalue weighted by Gasteiger charge is -2.40. The van der Waals surface area contributed by atoms with E-state index in [0.29, 0.717) is 6.04 Å². The molecule has 0 aliphatic carbocycles. The van der Waals surface area contributed by atoms with Gasteiger partial charge in [-0.05, 0) is 31.4 Å². The average molecular weight is 246 g/mol. The molecule has 100 valence electrons. The summed E-state index contributed by atoms with van der Waals surface area (Å²) in [6.45, 7) is 8.16. The molecule has 0 saturated carbocycles. The number of piperazine rings is 1.